The Bertz CT molecular complexity index is 1880. The second-order valence-corrected chi connectivity index (χ2v) is 10.6. The van der Waals surface area contributed by atoms with E-state index >= 15 is 0 Å². The Kier molecular flexibility index (Phi) is 7.99. The Hall–Kier alpha value is -5.30. The van der Waals surface area contributed by atoms with Gasteiger partial charge in [0.1, 0.15) is 0 Å². The molecule has 0 bridgehead atoms. The van der Waals surface area contributed by atoms with E-state index in [4.69, 9.17) is 0 Å². The lowest BCUT2D eigenvalue weighted by molar-refractivity contribution is 1.14. The first-order chi connectivity index (χ1) is 20.6. The molecule has 0 aliphatic heterocycles. The molecule has 0 nitrogen and oxygen atoms in total. The van der Waals surface area contributed by atoms with Crippen LogP contribution in [-0.4, -0.2) is 0 Å². The van der Waals surface area contributed by atoms with Crippen molar-refractivity contribution in [2.75, 3.05) is 0 Å². The second-order valence-electron chi connectivity index (χ2n) is 10.6. The molecule has 0 radical (unpaired) electrons. The van der Waals surface area contributed by atoms with E-state index in [1.54, 1.807) is 0 Å². The van der Waals surface area contributed by atoms with Crippen molar-refractivity contribution in [1.82, 2.24) is 0 Å². The lowest BCUT2D eigenvalue weighted by Crippen LogP contribution is -1.82. The SMILES string of the molecule is CCc1ccc(C#Cc2ccc3cc(C=Cc4ccc5cc(C#Cc6ccc(CC)cc6)ccc5c4)ccc3c2)cc1. The predicted molar refractivity (Wildman–Crippen MR) is 180 cm³/mol. The minimum atomic E-state index is 1.03. The fraction of sp³-hybridized carbons (Fsp3) is 0.0952. The van der Waals surface area contributed by atoms with Crippen LogP contribution >= 0.6 is 0 Å². The van der Waals surface area contributed by atoms with E-state index in [9.17, 15) is 0 Å². The van der Waals surface area contributed by atoms with E-state index in [-0.39, 0.29) is 0 Å². The van der Waals surface area contributed by atoms with Crippen molar-refractivity contribution < 1.29 is 0 Å². The highest BCUT2D eigenvalue weighted by Crippen LogP contribution is 2.22. The summed E-state index contributed by atoms with van der Waals surface area (Å²) in [7, 11) is 0. The van der Waals surface area contributed by atoms with Crippen molar-refractivity contribution in [1.29, 1.82) is 0 Å². The number of aryl methyl sites for hydroxylation is 2. The average Bonchev–Trinajstić information content (AvgIpc) is 3.05. The zero-order chi connectivity index (χ0) is 28.7. The first-order valence-corrected chi connectivity index (χ1v) is 14.6. The topological polar surface area (TPSA) is 0 Å². The van der Waals surface area contributed by atoms with Crippen LogP contribution in [0.1, 0.15) is 58.4 Å². The fourth-order valence-electron chi connectivity index (χ4n) is 5.02. The minimum Gasteiger partial charge on any atom is -0.0617 e. The molecule has 0 heterocycles. The van der Waals surface area contributed by atoms with E-state index in [1.807, 2.05) is 0 Å². The fourth-order valence-corrected chi connectivity index (χ4v) is 5.02. The smallest absolute Gasteiger partial charge is 0.0255 e. The molecule has 0 saturated carbocycles. The van der Waals surface area contributed by atoms with Crippen molar-refractivity contribution in [3.63, 3.8) is 0 Å². The van der Waals surface area contributed by atoms with Crippen LogP contribution in [-0.2, 0) is 12.8 Å². The van der Waals surface area contributed by atoms with Gasteiger partial charge in [-0.3, -0.25) is 0 Å². The molecule has 0 saturated heterocycles. The van der Waals surface area contributed by atoms with E-state index in [1.165, 1.54) is 43.8 Å². The van der Waals surface area contributed by atoms with Crippen molar-refractivity contribution in [2.24, 2.45) is 0 Å². The standard InChI is InChI=1S/C42H32/c1-3-31-5-9-33(10-6-31)13-15-35-19-23-41-29-37(21-25-39(41)27-35)17-18-38-22-26-40-28-36(20-24-42(40)30-38)16-14-34-11-7-32(4-2)8-12-34/h5-12,17-30H,3-4H2,1-2H3. The maximum absolute atomic E-state index is 3.32. The van der Waals surface area contributed by atoms with Crippen molar-refractivity contribution in [2.45, 2.75) is 26.7 Å². The molecular weight excluding hydrogens is 504 g/mol. The van der Waals surface area contributed by atoms with Gasteiger partial charge in [-0.25, -0.2) is 0 Å². The summed E-state index contributed by atoms with van der Waals surface area (Å²) >= 11 is 0. The Morgan fingerprint density at radius 2 is 0.714 bits per heavy atom. The summed E-state index contributed by atoms with van der Waals surface area (Å²) in [6, 6.07) is 43.0. The quantitative estimate of drug-likeness (QED) is 0.155. The number of benzene rings is 6. The van der Waals surface area contributed by atoms with Crippen molar-refractivity contribution in [3.8, 4) is 23.7 Å². The summed E-state index contributed by atoms with van der Waals surface area (Å²) < 4.78 is 0. The van der Waals surface area contributed by atoms with Gasteiger partial charge in [0.05, 0.1) is 0 Å². The van der Waals surface area contributed by atoms with Gasteiger partial charge < -0.3 is 0 Å². The molecule has 0 aliphatic rings. The summed E-state index contributed by atoms with van der Waals surface area (Å²) in [4.78, 5) is 0. The van der Waals surface area contributed by atoms with Crippen LogP contribution in [0.5, 0.6) is 0 Å². The van der Waals surface area contributed by atoms with Gasteiger partial charge in [-0.05, 0) is 117 Å². The largest absolute Gasteiger partial charge is 0.0617 e. The molecule has 0 aromatic heterocycles. The molecule has 6 aromatic rings. The van der Waals surface area contributed by atoms with Gasteiger partial charge in [0.2, 0.25) is 0 Å². The number of hydrogen-bond donors (Lipinski definition) is 0. The summed E-state index contributed by atoms with van der Waals surface area (Å²) in [5, 5.41) is 4.82. The molecule has 0 fully saturated rings. The summed E-state index contributed by atoms with van der Waals surface area (Å²) in [6.07, 6.45) is 6.45. The molecule has 0 amide bonds. The van der Waals surface area contributed by atoms with Gasteiger partial charge in [0, 0.05) is 22.3 Å². The molecule has 0 heteroatoms. The van der Waals surface area contributed by atoms with E-state index in [2.05, 4.69) is 171 Å². The third kappa shape index (κ3) is 6.53. The molecule has 200 valence electrons. The minimum absolute atomic E-state index is 1.03. The molecule has 42 heavy (non-hydrogen) atoms. The van der Waals surface area contributed by atoms with E-state index in [0.717, 1.165) is 35.1 Å². The molecule has 6 aromatic carbocycles. The zero-order valence-electron chi connectivity index (χ0n) is 24.1. The monoisotopic (exact) mass is 536 g/mol. The van der Waals surface area contributed by atoms with Gasteiger partial charge in [0.25, 0.3) is 0 Å². The number of hydrogen-bond acceptors (Lipinski definition) is 0. The van der Waals surface area contributed by atoms with Crippen LogP contribution in [0, 0.1) is 23.7 Å². The molecule has 0 unspecified atom stereocenters. The average molecular weight is 537 g/mol. The Morgan fingerprint density at radius 3 is 1.12 bits per heavy atom. The van der Waals surface area contributed by atoms with E-state index in [0.29, 0.717) is 0 Å². The Morgan fingerprint density at radius 1 is 0.381 bits per heavy atom. The second kappa shape index (κ2) is 12.5. The third-order valence-corrected chi connectivity index (χ3v) is 7.62. The highest BCUT2D eigenvalue weighted by atomic mass is 14.0. The van der Waals surface area contributed by atoms with Crippen molar-refractivity contribution in [3.05, 3.63) is 166 Å². The summed E-state index contributed by atoms with van der Waals surface area (Å²) in [5.41, 5.74) is 9.17. The van der Waals surface area contributed by atoms with Crippen LogP contribution in [0.2, 0.25) is 0 Å². The highest BCUT2D eigenvalue weighted by molar-refractivity contribution is 5.89. The molecular formula is C42H32. The molecule has 6 rings (SSSR count). The van der Waals surface area contributed by atoms with Crippen LogP contribution in [0.3, 0.4) is 0 Å². The first kappa shape index (κ1) is 26.9. The number of rotatable bonds is 4. The first-order valence-electron chi connectivity index (χ1n) is 14.6. The Labute approximate surface area is 249 Å². The molecule has 0 N–H and O–H groups in total. The highest BCUT2D eigenvalue weighted by Gasteiger charge is 1.99. The number of fused-ring (bicyclic) bond motifs is 2. The molecule has 0 atom stereocenters. The summed E-state index contributed by atoms with van der Waals surface area (Å²) in [6.45, 7) is 4.34. The maximum atomic E-state index is 3.32. The van der Waals surface area contributed by atoms with Gasteiger partial charge in [-0.2, -0.15) is 0 Å². The lowest BCUT2D eigenvalue weighted by atomic mass is 10.0. The lowest BCUT2D eigenvalue weighted by Gasteiger charge is -2.03. The van der Waals surface area contributed by atoms with Crippen LogP contribution < -0.4 is 0 Å². The zero-order valence-corrected chi connectivity index (χ0v) is 24.1. The maximum Gasteiger partial charge on any atom is 0.0255 e. The predicted octanol–water partition coefficient (Wildman–Crippen LogP) is 10.1. The van der Waals surface area contributed by atoms with Gasteiger partial charge in [-0.15, -0.1) is 0 Å². The third-order valence-electron chi connectivity index (χ3n) is 7.62. The van der Waals surface area contributed by atoms with Crippen molar-refractivity contribution >= 4 is 33.7 Å². The normalized spacial score (nSPS) is 10.8. The van der Waals surface area contributed by atoms with Crippen LogP contribution in [0.25, 0.3) is 33.7 Å². The Balaban J connectivity index is 1.15. The van der Waals surface area contributed by atoms with Gasteiger partial charge >= 0.3 is 0 Å². The molecule has 0 spiro atoms. The van der Waals surface area contributed by atoms with E-state index < -0.39 is 0 Å². The summed E-state index contributed by atoms with van der Waals surface area (Å²) in [5.74, 6) is 13.2. The van der Waals surface area contributed by atoms with Gasteiger partial charge in [0.15, 0.2) is 0 Å². The molecule has 0 aliphatic carbocycles. The van der Waals surface area contributed by atoms with Crippen LogP contribution in [0.15, 0.2) is 121 Å². The van der Waals surface area contributed by atoms with Crippen LogP contribution in [0.4, 0.5) is 0 Å². The van der Waals surface area contributed by atoms with Gasteiger partial charge in [-0.1, -0.05) is 110 Å².